The van der Waals surface area contributed by atoms with Crippen molar-refractivity contribution >= 4 is 5.91 Å². The molecule has 2 N–H and O–H groups in total. The smallest absolute Gasteiger partial charge is 0.271 e. The Morgan fingerprint density at radius 2 is 2.09 bits per heavy atom. The van der Waals surface area contributed by atoms with Crippen LogP contribution in [0.1, 0.15) is 29.8 Å². The number of likely N-dealkylation sites (tertiary alicyclic amines) is 1. The van der Waals surface area contributed by atoms with Gasteiger partial charge in [-0.1, -0.05) is 18.2 Å². The third-order valence-electron chi connectivity index (χ3n) is 4.19. The summed E-state index contributed by atoms with van der Waals surface area (Å²) in [5.41, 5.74) is -0.422. The molecular formula is C17H21N3O3. The van der Waals surface area contributed by atoms with Crippen molar-refractivity contribution < 1.29 is 14.6 Å². The average Bonchev–Trinajstić information content (AvgIpc) is 3.04. The molecule has 1 atom stereocenters. The fourth-order valence-electron chi connectivity index (χ4n) is 2.81. The van der Waals surface area contributed by atoms with Crippen molar-refractivity contribution in [2.45, 2.75) is 24.9 Å². The summed E-state index contributed by atoms with van der Waals surface area (Å²) in [5.74, 6) is 0.672. The van der Waals surface area contributed by atoms with Crippen molar-refractivity contribution in [2.75, 3.05) is 19.7 Å². The van der Waals surface area contributed by atoms with E-state index in [1.54, 1.807) is 17.2 Å². The topological polar surface area (TPSA) is 78.5 Å². The predicted octanol–water partition coefficient (Wildman–Crippen LogP) is 1.85. The highest BCUT2D eigenvalue weighted by Crippen LogP contribution is 2.24. The number of hydrogen-bond donors (Lipinski definition) is 2. The van der Waals surface area contributed by atoms with Gasteiger partial charge < -0.3 is 14.7 Å². The van der Waals surface area contributed by atoms with Gasteiger partial charge in [0.2, 0.25) is 0 Å². The van der Waals surface area contributed by atoms with Crippen LogP contribution in [0.2, 0.25) is 0 Å². The Kier molecular flexibility index (Phi) is 4.62. The number of benzene rings is 1. The first kappa shape index (κ1) is 15.6. The van der Waals surface area contributed by atoms with Gasteiger partial charge in [-0.2, -0.15) is 5.10 Å². The van der Waals surface area contributed by atoms with E-state index in [1.165, 1.54) is 0 Å². The summed E-state index contributed by atoms with van der Waals surface area (Å²) >= 11 is 0. The van der Waals surface area contributed by atoms with Crippen LogP contribution in [0, 0.1) is 0 Å². The standard InChI is InChI=1S/C17H21N3O3/c21-16(15-7-10-18-19-15)20-11-4-8-17(22,9-12-20)13-23-14-5-2-1-3-6-14/h1-3,5-7,10,22H,4,8-9,11-13H2,(H,18,19). The molecule has 1 fully saturated rings. The number of rotatable bonds is 4. The second kappa shape index (κ2) is 6.83. The van der Waals surface area contributed by atoms with E-state index in [2.05, 4.69) is 10.2 Å². The van der Waals surface area contributed by atoms with Crippen LogP contribution < -0.4 is 4.74 Å². The van der Waals surface area contributed by atoms with Crippen LogP contribution in [0.5, 0.6) is 5.75 Å². The van der Waals surface area contributed by atoms with Gasteiger partial charge in [0, 0.05) is 19.3 Å². The lowest BCUT2D eigenvalue weighted by Crippen LogP contribution is -2.38. The number of hydrogen-bond acceptors (Lipinski definition) is 4. The van der Waals surface area contributed by atoms with Gasteiger partial charge >= 0.3 is 0 Å². The number of nitrogens with zero attached hydrogens (tertiary/aromatic N) is 2. The fraction of sp³-hybridized carbons (Fsp3) is 0.412. The molecule has 0 aliphatic carbocycles. The summed E-state index contributed by atoms with van der Waals surface area (Å²) < 4.78 is 5.70. The number of nitrogens with one attached hydrogen (secondary N) is 1. The van der Waals surface area contributed by atoms with Crippen LogP contribution >= 0.6 is 0 Å². The van der Waals surface area contributed by atoms with E-state index in [4.69, 9.17) is 4.74 Å². The van der Waals surface area contributed by atoms with E-state index in [1.807, 2.05) is 30.3 Å². The molecule has 0 bridgehead atoms. The van der Waals surface area contributed by atoms with Crippen molar-refractivity contribution in [3.05, 3.63) is 48.3 Å². The van der Waals surface area contributed by atoms with E-state index in [0.29, 0.717) is 31.6 Å². The summed E-state index contributed by atoms with van der Waals surface area (Å²) in [4.78, 5) is 14.1. The quantitative estimate of drug-likeness (QED) is 0.902. The minimum atomic E-state index is -0.904. The molecule has 6 heteroatoms. The number of carbonyl (C=O) groups is 1. The largest absolute Gasteiger partial charge is 0.491 e. The van der Waals surface area contributed by atoms with Crippen LogP contribution in [-0.2, 0) is 0 Å². The van der Waals surface area contributed by atoms with Gasteiger partial charge in [0.25, 0.3) is 5.91 Å². The first-order chi connectivity index (χ1) is 11.2. The van der Waals surface area contributed by atoms with Crippen LogP contribution in [-0.4, -0.2) is 51.4 Å². The number of aliphatic hydroxyl groups is 1. The summed E-state index contributed by atoms with van der Waals surface area (Å²) in [6.45, 7) is 1.38. The Morgan fingerprint density at radius 3 is 2.83 bits per heavy atom. The highest BCUT2D eigenvalue weighted by Gasteiger charge is 2.32. The average molecular weight is 315 g/mol. The molecule has 1 aliphatic heterocycles. The van der Waals surface area contributed by atoms with Crippen molar-refractivity contribution in [3.8, 4) is 5.75 Å². The Balaban J connectivity index is 1.58. The number of amides is 1. The molecule has 1 saturated heterocycles. The van der Waals surface area contributed by atoms with Gasteiger partial charge in [0.05, 0.1) is 0 Å². The first-order valence-corrected chi connectivity index (χ1v) is 7.85. The van der Waals surface area contributed by atoms with Gasteiger partial charge in [-0.05, 0) is 37.5 Å². The summed E-state index contributed by atoms with van der Waals surface area (Å²) in [6.07, 6.45) is 3.43. The lowest BCUT2D eigenvalue weighted by Gasteiger charge is -2.26. The van der Waals surface area contributed by atoms with Crippen molar-refractivity contribution in [1.82, 2.24) is 15.1 Å². The summed E-state index contributed by atoms with van der Waals surface area (Å²) in [6, 6.07) is 11.1. The first-order valence-electron chi connectivity index (χ1n) is 7.85. The molecule has 23 heavy (non-hydrogen) atoms. The highest BCUT2D eigenvalue weighted by atomic mass is 16.5. The molecule has 0 spiro atoms. The Bertz CT molecular complexity index is 630. The molecule has 2 heterocycles. The summed E-state index contributed by atoms with van der Waals surface area (Å²) in [7, 11) is 0. The van der Waals surface area contributed by atoms with Crippen LogP contribution in [0.15, 0.2) is 42.6 Å². The fourth-order valence-corrected chi connectivity index (χ4v) is 2.81. The molecule has 1 unspecified atom stereocenters. The number of H-pyrrole nitrogens is 1. The molecule has 1 aromatic heterocycles. The third-order valence-corrected chi connectivity index (χ3v) is 4.19. The normalized spacial score (nSPS) is 21.7. The Hall–Kier alpha value is -2.34. The van der Waals surface area contributed by atoms with E-state index in [-0.39, 0.29) is 12.5 Å². The zero-order valence-corrected chi connectivity index (χ0v) is 12.9. The van der Waals surface area contributed by atoms with Crippen LogP contribution in [0.3, 0.4) is 0 Å². The minimum Gasteiger partial charge on any atom is -0.491 e. The zero-order valence-electron chi connectivity index (χ0n) is 12.9. The van der Waals surface area contributed by atoms with Crippen molar-refractivity contribution in [3.63, 3.8) is 0 Å². The molecular weight excluding hydrogens is 294 g/mol. The maximum Gasteiger partial charge on any atom is 0.271 e. The molecule has 2 aromatic rings. The molecule has 1 aromatic carbocycles. The van der Waals surface area contributed by atoms with Crippen molar-refractivity contribution in [1.29, 1.82) is 0 Å². The lowest BCUT2D eigenvalue weighted by atomic mass is 9.96. The predicted molar refractivity (Wildman–Crippen MR) is 85.2 cm³/mol. The third kappa shape index (κ3) is 3.90. The molecule has 0 saturated carbocycles. The number of ether oxygens (including phenoxy) is 1. The monoisotopic (exact) mass is 315 g/mol. The number of aromatic amines is 1. The minimum absolute atomic E-state index is 0.0734. The van der Waals surface area contributed by atoms with Crippen LogP contribution in [0.25, 0.3) is 0 Å². The molecule has 6 nitrogen and oxygen atoms in total. The Morgan fingerprint density at radius 1 is 1.26 bits per heavy atom. The van der Waals surface area contributed by atoms with Gasteiger partial charge in [-0.15, -0.1) is 0 Å². The van der Waals surface area contributed by atoms with E-state index in [9.17, 15) is 9.90 Å². The molecule has 122 valence electrons. The number of para-hydroxylation sites is 1. The number of carbonyl (C=O) groups excluding carboxylic acids is 1. The van der Waals surface area contributed by atoms with Crippen molar-refractivity contribution in [2.24, 2.45) is 0 Å². The van der Waals surface area contributed by atoms with Gasteiger partial charge in [0.1, 0.15) is 23.7 Å². The van der Waals surface area contributed by atoms with E-state index in [0.717, 1.165) is 12.2 Å². The van der Waals surface area contributed by atoms with E-state index < -0.39 is 5.60 Å². The van der Waals surface area contributed by atoms with Gasteiger partial charge in [-0.3, -0.25) is 9.89 Å². The van der Waals surface area contributed by atoms with Gasteiger partial charge in [0.15, 0.2) is 0 Å². The highest BCUT2D eigenvalue weighted by molar-refractivity contribution is 5.92. The number of aromatic nitrogens is 2. The molecule has 0 radical (unpaired) electrons. The molecule has 3 rings (SSSR count). The maximum absolute atomic E-state index is 12.3. The zero-order chi connectivity index (χ0) is 16.1. The summed E-state index contributed by atoms with van der Waals surface area (Å²) in [5, 5.41) is 17.3. The van der Waals surface area contributed by atoms with E-state index >= 15 is 0 Å². The second-order valence-electron chi connectivity index (χ2n) is 5.94. The molecule has 1 amide bonds. The SMILES string of the molecule is O=C(c1ccn[nH]1)N1CCCC(O)(COc2ccccc2)CC1. The molecule has 1 aliphatic rings. The Labute approximate surface area is 135 Å². The van der Waals surface area contributed by atoms with Crippen LogP contribution in [0.4, 0.5) is 0 Å². The lowest BCUT2D eigenvalue weighted by molar-refractivity contribution is -0.0163. The maximum atomic E-state index is 12.3. The van der Waals surface area contributed by atoms with Gasteiger partial charge in [-0.25, -0.2) is 0 Å². The second-order valence-corrected chi connectivity index (χ2v) is 5.94.